The van der Waals surface area contributed by atoms with Crippen LogP contribution in [0.1, 0.15) is 22.0 Å². The molecule has 1 amide bonds. The Kier molecular flexibility index (Phi) is 3.91. The molecule has 0 spiro atoms. The predicted octanol–water partition coefficient (Wildman–Crippen LogP) is 3.18. The van der Waals surface area contributed by atoms with E-state index in [1.165, 1.54) is 0 Å². The zero-order valence-corrected chi connectivity index (χ0v) is 13.4. The van der Waals surface area contributed by atoms with E-state index in [0.29, 0.717) is 5.56 Å². The number of benzene rings is 3. The van der Waals surface area contributed by atoms with Crippen LogP contribution < -0.4 is 5.32 Å². The summed E-state index contributed by atoms with van der Waals surface area (Å²) in [4.78, 5) is 12.3. The third-order valence-corrected chi connectivity index (χ3v) is 4.32. The van der Waals surface area contributed by atoms with Gasteiger partial charge < -0.3 is 10.4 Å². The van der Waals surface area contributed by atoms with Crippen LogP contribution >= 0.6 is 0 Å². The first-order valence-electron chi connectivity index (χ1n) is 8.09. The van der Waals surface area contributed by atoms with Gasteiger partial charge in [0.25, 0.3) is 5.91 Å². The van der Waals surface area contributed by atoms with Gasteiger partial charge in [-0.2, -0.15) is 5.10 Å². The molecule has 3 aromatic carbocycles. The first kappa shape index (κ1) is 15.4. The number of carbonyl (C=O) groups is 1. The summed E-state index contributed by atoms with van der Waals surface area (Å²) < 4.78 is 0. The number of aliphatic hydroxyl groups is 1. The number of fused-ring (bicyclic) bond motifs is 2. The number of nitrogens with one attached hydrogen (secondary N) is 2. The quantitative estimate of drug-likeness (QED) is 0.537. The number of aliphatic hydroxyl groups excluding tert-OH is 1. The number of aromatic amines is 1. The molecule has 1 atom stereocenters. The molecular formula is C20H17N3O2. The second-order valence-corrected chi connectivity index (χ2v) is 6.00. The van der Waals surface area contributed by atoms with Gasteiger partial charge in [0.05, 0.1) is 17.8 Å². The van der Waals surface area contributed by atoms with Crippen molar-refractivity contribution in [1.29, 1.82) is 0 Å². The van der Waals surface area contributed by atoms with Crippen molar-refractivity contribution in [3.05, 3.63) is 78.0 Å². The van der Waals surface area contributed by atoms with Gasteiger partial charge in [-0.1, -0.05) is 36.4 Å². The second-order valence-electron chi connectivity index (χ2n) is 6.00. The van der Waals surface area contributed by atoms with Gasteiger partial charge in [-0.15, -0.1) is 0 Å². The van der Waals surface area contributed by atoms with E-state index >= 15 is 0 Å². The minimum atomic E-state index is -0.758. The fourth-order valence-corrected chi connectivity index (χ4v) is 2.91. The number of H-pyrrole nitrogens is 1. The fraction of sp³-hybridized carbons (Fsp3) is 0.100. The number of rotatable bonds is 4. The molecule has 5 nitrogen and oxygen atoms in total. The molecule has 4 aromatic rings. The molecule has 0 bridgehead atoms. The van der Waals surface area contributed by atoms with Gasteiger partial charge in [-0.05, 0) is 40.6 Å². The number of hydrogen-bond donors (Lipinski definition) is 3. The van der Waals surface area contributed by atoms with Crippen LogP contribution in [0.25, 0.3) is 21.7 Å². The lowest BCUT2D eigenvalue weighted by atomic mass is 10.0. The van der Waals surface area contributed by atoms with E-state index in [-0.39, 0.29) is 12.5 Å². The third kappa shape index (κ3) is 3.09. The number of amides is 1. The summed E-state index contributed by atoms with van der Waals surface area (Å²) in [6, 6.07) is 19.1. The molecule has 0 saturated heterocycles. The van der Waals surface area contributed by atoms with E-state index in [1.807, 2.05) is 48.5 Å². The average Bonchev–Trinajstić information content (AvgIpc) is 3.13. The molecule has 3 N–H and O–H groups in total. The lowest BCUT2D eigenvalue weighted by molar-refractivity contribution is 0.0916. The highest BCUT2D eigenvalue weighted by Crippen LogP contribution is 2.20. The monoisotopic (exact) mass is 331 g/mol. The zero-order valence-electron chi connectivity index (χ0n) is 13.4. The lowest BCUT2D eigenvalue weighted by Gasteiger charge is -2.13. The van der Waals surface area contributed by atoms with Gasteiger partial charge in [-0.3, -0.25) is 9.89 Å². The van der Waals surface area contributed by atoms with E-state index < -0.39 is 6.10 Å². The van der Waals surface area contributed by atoms with Crippen LogP contribution in [0, 0.1) is 0 Å². The van der Waals surface area contributed by atoms with Crippen molar-refractivity contribution < 1.29 is 9.90 Å². The van der Waals surface area contributed by atoms with E-state index in [1.54, 1.807) is 18.3 Å². The highest BCUT2D eigenvalue weighted by molar-refractivity contribution is 5.97. The van der Waals surface area contributed by atoms with Gasteiger partial charge in [0.1, 0.15) is 0 Å². The van der Waals surface area contributed by atoms with Gasteiger partial charge in [0.2, 0.25) is 0 Å². The van der Waals surface area contributed by atoms with Crippen molar-refractivity contribution >= 4 is 27.6 Å². The number of nitrogens with zero attached hydrogens (tertiary/aromatic N) is 1. The Bertz CT molecular complexity index is 1050. The fourth-order valence-electron chi connectivity index (χ4n) is 2.91. The maximum absolute atomic E-state index is 12.3. The Morgan fingerprint density at radius 1 is 1.04 bits per heavy atom. The standard InChI is InChI=1S/C20H17N3O2/c24-19(15-6-5-13-3-1-2-4-14(13)9-15)12-21-20(25)16-7-8-18-17(10-16)11-22-23-18/h1-11,19,24H,12H2,(H,21,25)(H,22,23). The summed E-state index contributed by atoms with van der Waals surface area (Å²) >= 11 is 0. The zero-order chi connectivity index (χ0) is 17.2. The molecule has 0 radical (unpaired) electrons. The molecule has 1 heterocycles. The van der Waals surface area contributed by atoms with Crippen molar-refractivity contribution in [2.45, 2.75) is 6.10 Å². The average molecular weight is 331 g/mol. The molecule has 0 aliphatic rings. The molecule has 5 heteroatoms. The van der Waals surface area contributed by atoms with Crippen LogP contribution in [0.4, 0.5) is 0 Å². The summed E-state index contributed by atoms with van der Waals surface area (Å²) in [7, 11) is 0. The van der Waals surface area contributed by atoms with Crippen LogP contribution in [-0.4, -0.2) is 27.8 Å². The van der Waals surface area contributed by atoms with Crippen LogP contribution in [0.15, 0.2) is 66.9 Å². The molecule has 124 valence electrons. The summed E-state index contributed by atoms with van der Waals surface area (Å²) in [5.74, 6) is -0.220. The van der Waals surface area contributed by atoms with E-state index in [4.69, 9.17) is 0 Å². The van der Waals surface area contributed by atoms with Gasteiger partial charge in [-0.25, -0.2) is 0 Å². The van der Waals surface area contributed by atoms with Crippen molar-refractivity contribution in [2.24, 2.45) is 0 Å². The van der Waals surface area contributed by atoms with Crippen LogP contribution in [0.5, 0.6) is 0 Å². The van der Waals surface area contributed by atoms with Crippen molar-refractivity contribution in [3.63, 3.8) is 0 Å². The van der Waals surface area contributed by atoms with E-state index in [2.05, 4.69) is 15.5 Å². The summed E-state index contributed by atoms with van der Waals surface area (Å²) in [5, 5.41) is 23.0. The molecule has 25 heavy (non-hydrogen) atoms. The molecule has 4 rings (SSSR count). The first-order valence-corrected chi connectivity index (χ1v) is 8.09. The Hall–Kier alpha value is -3.18. The first-order chi connectivity index (χ1) is 12.2. The molecule has 0 aliphatic heterocycles. The number of hydrogen-bond acceptors (Lipinski definition) is 3. The molecule has 1 aromatic heterocycles. The SMILES string of the molecule is O=C(NCC(O)c1ccc2ccccc2c1)c1ccc2[nH]ncc2c1. The van der Waals surface area contributed by atoms with Gasteiger partial charge in [0.15, 0.2) is 0 Å². The largest absolute Gasteiger partial charge is 0.387 e. The smallest absolute Gasteiger partial charge is 0.251 e. The lowest BCUT2D eigenvalue weighted by Crippen LogP contribution is -2.28. The van der Waals surface area contributed by atoms with E-state index in [9.17, 15) is 9.90 Å². The van der Waals surface area contributed by atoms with E-state index in [0.717, 1.165) is 27.2 Å². The topological polar surface area (TPSA) is 78.0 Å². The van der Waals surface area contributed by atoms with Crippen molar-refractivity contribution in [2.75, 3.05) is 6.54 Å². The Morgan fingerprint density at radius 2 is 1.88 bits per heavy atom. The summed E-state index contributed by atoms with van der Waals surface area (Å²) in [5.41, 5.74) is 2.21. The maximum atomic E-state index is 12.3. The van der Waals surface area contributed by atoms with Crippen LogP contribution in [0.3, 0.4) is 0 Å². The van der Waals surface area contributed by atoms with Gasteiger partial charge >= 0.3 is 0 Å². The minimum Gasteiger partial charge on any atom is -0.387 e. The van der Waals surface area contributed by atoms with Gasteiger partial charge in [0, 0.05) is 17.5 Å². The predicted molar refractivity (Wildman–Crippen MR) is 97.3 cm³/mol. The minimum absolute atomic E-state index is 0.153. The van der Waals surface area contributed by atoms with Crippen molar-refractivity contribution in [3.8, 4) is 0 Å². The second kappa shape index (κ2) is 6.37. The Labute approximate surface area is 144 Å². The maximum Gasteiger partial charge on any atom is 0.251 e. The molecule has 1 unspecified atom stereocenters. The summed E-state index contributed by atoms with van der Waals surface area (Å²) in [6.45, 7) is 0.153. The summed E-state index contributed by atoms with van der Waals surface area (Å²) in [6.07, 6.45) is 0.918. The number of aromatic nitrogens is 2. The molecular weight excluding hydrogens is 314 g/mol. The highest BCUT2D eigenvalue weighted by atomic mass is 16.3. The molecule has 0 saturated carbocycles. The third-order valence-electron chi connectivity index (χ3n) is 4.32. The molecule has 0 fully saturated rings. The Morgan fingerprint density at radius 3 is 2.76 bits per heavy atom. The van der Waals surface area contributed by atoms with Crippen LogP contribution in [-0.2, 0) is 0 Å². The molecule has 0 aliphatic carbocycles. The Balaban J connectivity index is 1.46. The highest BCUT2D eigenvalue weighted by Gasteiger charge is 2.12. The normalized spacial score (nSPS) is 12.4. The number of carbonyl (C=O) groups excluding carboxylic acids is 1. The van der Waals surface area contributed by atoms with Crippen molar-refractivity contribution in [1.82, 2.24) is 15.5 Å². The van der Waals surface area contributed by atoms with Crippen LogP contribution in [0.2, 0.25) is 0 Å².